The summed E-state index contributed by atoms with van der Waals surface area (Å²) in [5.74, 6) is 0.655. The molecule has 0 saturated carbocycles. The molecule has 1 aromatic carbocycles. The predicted octanol–water partition coefficient (Wildman–Crippen LogP) is 3.01. The second kappa shape index (κ2) is 5.02. The summed E-state index contributed by atoms with van der Waals surface area (Å²) in [6.45, 7) is 0.584. The lowest BCUT2D eigenvalue weighted by Crippen LogP contribution is -2.03. The predicted molar refractivity (Wildman–Crippen MR) is 88.2 cm³/mol. The van der Waals surface area contributed by atoms with Crippen molar-refractivity contribution in [3.05, 3.63) is 60.7 Å². The van der Waals surface area contributed by atoms with E-state index in [1.165, 1.54) is 11.7 Å². The second-order valence-corrected chi connectivity index (χ2v) is 5.47. The standard InChI is InChI=1S/C17H12N6O/c1-3-11(12-6-7-18-13(12)4-1)9-23-17-16(21-22-23)15(19-10-20-17)14-5-2-8-24-14/h1-8,10,18H,9H2. The van der Waals surface area contributed by atoms with E-state index >= 15 is 0 Å². The summed E-state index contributed by atoms with van der Waals surface area (Å²) < 4.78 is 7.21. The Kier molecular flexibility index (Phi) is 2.72. The Bertz CT molecular complexity index is 1140. The van der Waals surface area contributed by atoms with E-state index in [1.54, 1.807) is 10.9 Å². The Morgan fingerprint density at radius 3 is 3.00 bits per heavy atom. The molecule has 1 N–H and O–H groups in total. The smallest absolute Gasteiger partial charge is 0.182 e. The average Bonchev–Trinajstić information content (AvgIpc) is 3.36. The summed E-state index contributed by atoms with van der Waals surface area (Å²) in [7, 11) is 0. The molecule has 0 unspecified atom stereocenters. The van der Waals surface area contributed by atoms with E-state index in [9.17, 15) is 0 Å². The van der Waals surface area contributed by atoms with Crippen LogP contribution in [0.1, 0.15) is 5.56 Å². The SMILES string of the molecule is c1coc(-c2ncnc3c2nnn3Cc2cccc3[nH]ccc23)c1. The van der Waals surface area contributed by atoms with Crippen molar-refractivity contribution in [3.63, 3.8) is 0 Å². The monoisotopic (exact) mass is 316 g/mol. The van der Waals surface area contributed by atoms with Gasteiger partial charge in [-0.25, -0.2) is 14.6 Å². The minimum Gasteiger partial charge on any atom is -0.463 e. The number of aromatic nitrogens is 6. The molecule has 0 atom stereocenters. The van der Waals surface area contributed by atoms with E-state index in [2.05, 4.69) is 43.5 Å². The number of aromatic amines is 1. The van der Waals surface area contributed by atoms with Gasteiger partial charge in [-0.3, -0.25) is 0 Å². The maximum absolute atomic E-state index is 5.43. The first kappa shape index (κ1) is 13.0. The van der Waals surface area contributed by atoms with Crippen LogP contribution in [0.4, 0.5) is 0 Å². The fraction of sp³-hybridized carbons (Fsp3) is 0.0588. The van der Waals surface area contributed by atoms with E-state index in [0.29, 0.717) is 29.2 Å². The van der Waals surface area contributed by atoms with Crippen LogP contribution >= 0.6 is 0 Å². The third-order valence-corrected chi connectivity index (χ3v) is 4.06. The first-order chi connectivity index (χ1) is 11.9. The molecule has 116 valence electrons. The number of nitrogens with zero attached hydrogens (tertiary/aromatic N) is 5. The van der Waals surface area contributed by atoms with Gasteiger partial charge in [0, 0.05) is 17.1 Å². The molecule has 0 aliphatic rings. The molecule has 4 aromatic heterocycles. The highest BCUT2D eigenvalue weighted by Crippen LogP contribution is 2.25. The molecule has 7 nitrogen and oxygen atoms in total. The number of hydrogen-bond acceptors (Lipinski definition) is 5. The van der Waals surface area contributed by atoms with Crippen molar-refractivity contribution in [2.24, 2.45) is 0 Å². The Morgan fingerprint density at radius 1 is 1.08 bits per heavy atom. The van der Waals surface area contributed by atoms with E-state index in [-0.39, 0.29) is 0 Å². The maximum atomic E-state index is 5.43. The van der Waals surface area contributed by atoms with Gasteiger partial charge in [-0.2, -0.15) is 0 Å². The lowest BCUT2D eigenvalue weighted by Gasteiger charge is -2.04. The molecule has 0 saturated heterocycles. The number of H-pyrrole nitrogens is 1. The van der Waals surface area contributed by atoms with Crippen molar-refractivity contribution < 1.29 is 4.42 Å². The lowest BCUT2D eigenvalue weighted by molar-refractivity contribution is 0.580. The van der Waals surface area contributed by atoms with Crippen molar-refractivity contribution in [2.75, 3.05) is 0 Å². The highest BCUT2D eigenvalue weighted by molar-refractivity contribution is 5.85. The highest BCUT2D eigenvalue weighted by Gasteiger charge is 2.15. The van der Waals surface area contributed by atoms with Gasteiger partial charge < -0.3 is 9.40 Å². The van der Waals surface area contributed by atoms with Gasteiger partial charge in [-0.15, -0.1) is 5.10 Å². The van der Waals surface area contributed by atoms with E-state index in [0.717, 1.165) is 11.1 Å². The third kappa shape index (κ3) is 1.91. The van der Waals surface area contributed by atoms with Gasteiger partial charge in [0.25, 0.3) is 0 Å². The molecule has 0 radical (unpaired) electrons. The first-order valence-corrected chi connectivity index (χ1v) is 7.53. The van der Waals surface area contributed by atoms with Crippen LogP contribution in [0, 0.1) is 0 Å². The lowest BCUT2D eigenvalue weighted by atomic mass is 10.1. The summed E-state index contributed by atoms with van der Waals surface area (Å²) in [4.78, 5) is 11.9. The van der Waals surface area contributed by atoms with Gasteiger partial charge in [-0.1, -0.05) is 17.3 Å². The van der Waals surface area contributed by atoms with Crippen LogP contribution in [-0.2, 0) is 6.54 Å². The molecule has 4 heterocycles. The third-order valence-electron chi connectivity index (χ3n) is 4.06. The van der Waals surface area contributed by atoms with Crippen LogP contribution in [0.25, 0.3) is 33.5 Å². The quantitative estimate of drug-likeness (QED) is 0.553. The van der Waals surface area contributed by atoms with Crippen LogP contribution in [-0.4, -0.2) is 29.9 Å². The molecule has 24 heavy (non-hydrogen) atoms. The van der Waals surface area contributed by atoms with E-state index in [4.69, 9.17) is 4.42 Å². The van der Waals surface area contributed by atoms with Crippen LogP contribution in [0.2, 0.25) is 0 Å². The van der Waals surface area contributed by atoms with Crippen molar-refractivity contribution >= 4 is 22.1 Å². The highest BCUT2D eigenvalue weighted by atomic mass is 16.3. The molecule has 5 rings (SSSR count). The van der Waals surface area contributed by atoms with Crippen LogP contribution in [0.5, 0.6) is 0 Å². The van der Waals surface area contributed by atoms with Crippen LogP contribution in [0.15, 0.2) is 59.6 Å². The molecule has 0 aliphatic carbocycles. The number of furan rings is 1. The molecule has 0 spiro atoms. The normalized spacial score (nSPS) is 11.5. The Morgan fingerprint density at radius 2 is 2.08 bits per heavy atom. The molecule has 7 heteroatoms. The van der Waals surface area contributed by atoms with Gasteiger partial charge in [0.15, 0.2) is 16.9 Å². The van der Waals surface area contributed by atoms with Crippen LogP contribution < -0.4 is 0 Å². The van der Waals surface area contributed by atoms with Crippen molar-refractivity contribution in [3.8, 4) is 11.5 Å². The zero-order valence-corrected chi connectivity index (χ0v) is 12.5. The first-order valence-electron chi connectivity index (χ1n) is 7.53. The number of hydrogen-bond donors (Lipinski definition) is 1. The molecule has 5 aromatic rings. The molecular weight excluding hydrogens is 304 g/mol. The fourth-order valence-corrected chi connectivity index (χ4v) is 2.94. The Hall–Kier alpha value is -3.48. The zero-order valence-electron chi connectivity index (χ0n) is 12.5. The van der Waals surface area contributed by atoms with Gasteiger partial charge >= 0.3 is 0 Å². The zero-order chi connectivity index (χ0) is 15.9. The summed E-state index contributed by atoms with van der Waals surface area (Å²) in [6.07, 6.45) is 5.06. The van der Waals surface area contributed by atoms with Gasteiger partial charge in [0.1, 0.15) is 12.0 Å². The van der Waals surface area contributed by atoms with Crippen molar-refractivity contribution in [1.29, 1.82) is 0 Å². The summed E-state index contributed by atoms with van der Waals surface area (Å²) in [6, 6.07) is 11.9. The second-order valence-electron chi connectivity index (χ2n) is 5.47. The minimum absolute atomic E-state index is 0.584. The van der Waals surface area contributed by atoms with Gasteiger partial charge in [0.2, 0.25) is 0 Å². The van der Waals surface area contributed by atoms with Crippen LogP contribution in [0.3, 0.4) is 0 Å². The summed E-state index contributed by atoms with van der Waals surface area (Å²) in [5.41, 5.74) is 4.22. The Labute approximate surface area is 136 Å². The van der Waals surface area contributed by atoms with Gasteiger partial charge in [-0.05, 0) is 29.8 Å². The van der Waals surface area contributed by atoms with Crippen molar-refractivity contribution in [2.45, 2.75) is 6.54 Å². The molecular formula is C17H12N6O. The molecule has 0 amide bonds. The summed E-state index contributed by atoms with van der Waals surface area (Å²) in [5, 5.41) is 9.69. The molecule has 0 bridgehead atoms. The molecule has 0 aliphatic heterocycles. The fourth-order valence-electron chi connectivity index (χ4n) is 2.94. The van der Waals surface area contributed by atoms with E-state index < -0.39 is 0 Å². The number of benzene rings is 1. The largest absolute Gasteiger partial charge is 0.463 e. The number of fused-ring (bicyclic) bond motifs is 2. The average molecular weight is 316 g/mol. The van der Waals surface area contributed by atoms with E-state index in [1.807, 2.05) is 24.4 Å². The summed E-state index contributed by atoms with van der Waals surface area (Å²) >= 11 is 0. The maximum Gasteiger partial charge on any atom is 0.182 e. The van der Waals surface area contributed by atoms with Crippen molar-refractivity contribution in [1.82, 2.24) is 29.9 Å². The minimum atomic E-state index is 0.584. The number of nitrogens with one attached hydrogen (secondary N) is 1. The Balaban J connectivity index is 1.64. The number of rotatable bonds is 3. The topological polar surface area (TPSA) is 85.4 Å². The molecule has 0 fully saturated rings. The van der Waals surface area contributed by atoms with Gasteiger partial charge in [0.05, 0.1) is 12.8 Å².